The zero-order chi connectivity index (χ0) is 11.5. The predicted molar refractivity (Wildman–Crippen MR) is 61.3 cm³/mol. The molecule has 0 radical (unpaired) electrons. The van der Waals surface area contributed by atoms with Crippen LogP contribution in [0.4, 0.5) is 0 Å². The lowest BCUT2D eigenvalue weighted by Gasteiger charge is -1.98. The van der Waals surface area contributed by atoms with E-state index in [9.17, 15) is 4.79 Å². The van der Waals surface area contributed by atoms with Gasteiger partial charge >= 0.3 is 0 Å². The van der Waals surface area contributed by atoms with E-state index in [1.54, 1.807) is 6.20 Å². The topological polar surface area (TPSA) is 73.8 Å². The lowest BCUT2D eigenvalue weighted by Crippen LogP contribution is -2.10. The Morgan fingerprint density at radius 1 is 1.62 bits per heavy atom. The van der Waals surface area contributed by atoms with Crippen molar-refractivity contribution in [2.24, 2.45) is 5.73 Å². The average molecular weight is 236 g/mol. The highest BCUT2D eigenvalue weighted by atomic mass is 32.1. The van der Waals surface area contributed by atoms with Gasteiger partial charge in [-0.15, -0.1) is 16.4 Å². The second-order valence-corrected chi connectivity index (χ2v) is 4.38. The van der Waals surface area contributed by atoms with E-state index >= 15 is 0 Å². The molecule has 0 aliphatic rings. The fraction of sp³-hybridized carbons (Fsp3) is 0.300. The third kappa shape index (κ3) is 2.17. The first-order chi connectivity index (χ1) is 7.70. The first-order valence-electron chi connectivity index (χ1n) is 4.87. The lowest BCUT2D eigenvalue weighted by atomic mass is 10.2. The molecule has 2 N–H and O–H groups in total. The molecule has 2 aromatic rings. The van der Waals surface area contributed by atoms with Crippen LogP contribution >= 0.6 is 11.3 Å². The summed E-state index contributed by atoms with van der Waals surface area (Å²) in [6, 6.07) is 1.94. The van der Waals surface area contributed by atoms with Crippen molar-refractivity contribution >= 4 is 17.1 Å². The second-order valence-electron chi connectivity index (χ2n) is 3.47. The molecule has 0 atom stereocenters. The van der Waals surface area contributed by atoms with E-state index in [1.165, 1.54) is 16.0 Å². The minimum Gasteiger partial charge on any atom is -0.325 e. The third-order valence-corrected chi connectivity index (χ3v) is 3.27. The Hall–Kier alpha value is -1.53. The van der Waals surface area contributed by atoms with E-state index in [4.69, 9.17) is 5.73 Å². The summed E-state index contributed by atoms with van der Waals surface area (Å²) in [5.41, 5.74) is 7.11. The molecular formula is C10H12N4OS. The summed E-state index contributed by atoms with van der Waals surface area (Å²) in [6.07, 6.45) is 1.70. The summed E-state index contributed by atoms with van der Waals surface area (Å²) in [5.74, 6) is 0.0565. The summed E-state index contributed by atoms with van der Waals surface area (Å²) in [4.78, 5) is 12.7. The first kappa shape index (κ1) is 11.0. The summed E-state index contributed by atoms with van der Waals surface area (Å²) in [6.45, 7) is 2.48. The Kier molecular flexibility index (Phi) is 3.12. The fourth-order valence-electron chi connectivity index (χ4n) is 1.39. The number of hydrogen-bond acceptors (Lipinski definition) is 5. The number of rotatable bonds is 4. The van der Waals surface area contributed by atoms with Gasteiger partial charge in [-0.25, -0.2) is 4.68 Å². The van der Waals surface area contributed by atoms with E-state index in [0.29, 0.717) is 12.2 Å². The Morgan fingerprint density at radius 3 is 3.00 bits per heavy atom. The molecule has 2 rings (SSSR count). The van der Waals surface area contributed by atoms with Crippen molar-refractivity contribution in [2.75, 3.05) is 0 Å². The number of carbonyl (C=O) groups excluding carboxylic acids is 1. The minimum atomic E-state index is 0.0565. The molecule has 0 aromatic carbocycles. The number of hydrogen-bond donors (Lipinski definition) is 1. The molecule has 0 saturated heterocycles. The number of aryl methyl sites for hydroxylation is 1. The van der Waals surface area contributed by atoms with Crippen molar-refractivity contribution < 1.29 is 4.79 Å². The molecule has 16 heavy (non-hydrogen) atoms. The zero-order valence-corrected chi connectivity index (χ0v) is 9.70. The van der Waals surface area contributed by atoms with Gasteiger partial charge in [-0.2, -0.15) is 0 Å². The van der Waals surface area contributed by atoms with Gasteiger partial charge in [0, 0.05) is 6.54 Å². The van der Waals surface area contributed by atoms with E-state index in [2.05, 4.69) is 10.3 Å². The van der Waals surface area contributed by atoms with Crippen molar-refractivity contribution in [3.8, 4) is 0 Å². The number of thiophene rings is 1. The molecule has 0 aliphatic carbocycles. The van der Waals surface area contributed by atoms with Gasteiger partial charge in [0.2, 0.25) is 0 Å². The molecule has 0 aliphatic heterocycles. The largest absolute Gasteiger partial charge is 0.325 e. The van der Waals surface area contributed by atoms with E-state index < -0.39 is 0 Å². The van der Waals surface area contributed by atoms with Crippen molar-refractivity contribution in [2.45, 2.75) is 20.0 Å². The van der Waals surface area contributed by atoms with Gasteiger partial charge in [-0.1, -0.05) is 5.21 Å². The van der Waals surface area contributed by atoms with Crippen LogP contribution in [0.5, 0.6) is 0 Å². The quantitative estimate of drug-likeness (QED) is 0.803. The van der Waals surface area contributed by atoms with Gasteiger partial charge in [0.1, 0.15) is 6.54 Å². The molecular weight excluding hydrogens is 224 g/mol. The minimum absolute atomic E-state index is 0.0565. The number of ketones is 1. The molecule has 0 unspecified atom stereocenters. The third-order valence-electron chi connectivity index (χ3n) is 2.22. The molecule has 2 aromatic heterocycles. The van der Waals surface area contributed by atoms with Gasteiger partial charge in [-0.3, -0.25) is 4.79 Å². The summed E-state index contributed by atoms with van der Waals surface area (Å²) in [5, 5.41) is 9.58. The van der Waals surface area contributed by atoms with Crippen LogP contribution in [0.15, 0.2) is 17.6 Å². The Morgan fingerprint density at radius 2 is 2.44 bits per heavy atom. The molecule has 6 heteroatoms. The number of Topliss-reactive ketones (excluding diaryl/α,β-unsaturated/α-hetero) is 1. The van der Waals surface area contributed by atoms with Crippen LogP contribution in [0.3, 0.4) is 0 Å². The maximum absolute atomic E-state index is 11.9. The van der Waals surface area contributed by atoms with E-state index in [1.807, 2.05) is 18.4 Å². The Labute approximate surface area is 96.9 Å². The molecule has 0 spiro atoms. The Bertz CT molecular complexity index is 502. The highest BCUT2D eigenvalue weighted by Gasteiger charge is 2.12. The van der Waals surface area contributed by atoms with E-state index in [0.717, 1.165) is 10.4 Å². The fourth-order valence-corrected chi connectivity index (χ4v) is 2.24. The normalized spacial score (nSPS) is 10.6. The molecule has 0 fully saturated rings. The standard InChI is InChI=1S/C10H12N4OS/c1-7-2-3-16-10(7)9(15)6-14-5-8(4-11)12-13-14/h2-3,5H,4,6,11H2,1H3. The summed E-state index contributed by atoms with van der Waals surface area (Å²) < 4.78 is 1.52. The average Bonchev–Trinajstić information content (AvgIpc) is 2.86. The monoisotopic (exact) mass is 236 g/mol. The molecule has 0 bridgehead atoms. The van der Waals surface area contributed by atoms with Crippen molar-refractivity contribution in [1.82, 2.24) is 15.0 Å². The zero-order valence-electron chi connectivity index (χ0n) is 8.88. The van der Waals surface area contributed by atoms with Crippen LogP contribution < -0.4 is 5.73 Å². The molecule has 84 valence electrons. The number of nitrogens with zero attached hydrogens (tertiary/aromatic N) is 3. The SMILES string of the molecule is Cc1ccsc1C(=O)Cn1cc(CN)nn1. The second kappa shape index (κ2) is 4.54. The van der Waals surface area contributed by atoms with Gasteiger partial charge in [0.25, 0.3) is 0 Å². The van der Waals surface area contributed by atoms with Gasteiger partial charge in [0.05, 0.1) is 16.8 Å². The van der Waals surface area contributed by atoms with Crippen LogP contribution in [0.2, 0.25) is 0 Å². The maximum atomic E-state index is 11.9. The number of carbonyl (C=O) groups is 1. The van der Waals surface area contributed by atoms with Crippen molar-refractivity contribution in [3.63, 3.8) is 0 Å². The molecule has 2 heterocycles. The molecule has 0 saturated carbocycles. The predicted octanol–water partition coefficient (Wildman–Crippen LogP) is 0.990. The molecule has 0 amide bonds. The van der Waals surface area contributed by atoms with Crippen molar-refractivity contribution in [3.05, 3.63) is 33.8 Å². The van der Waals surface area contributed by atoms with Crippen LogP contribution in [0.1, 0.15) is 20.9 Å². The van der Waals surface area contributed by atoms with Crippen LogP contribution in [0, 0.1) is 6.92 Å². The maximum Gasteiger partial charge on any atom is 0.194 e. The van der Waals surface area contributed by atoms with Crippen molar-refractivity contribution in [1.29, 1.82) is 0 Å². The van der Waals surface area contributed by atoms with Gasteiger partial charge < -0.3 is 5.73 Å². The van der Waals surface area contributed by atoms with Crippen LogP contribution in [-0.4, -0.2) is 20.8 Å². The van der Waals surface area contributed by atoms with E-state index in [-0.39, 0.29) is 12.3 Å². The first-order valence-corrected chi connectivity index (χ1v) is 5.75. The lowest BCUT2D eigenvalue weighted by molar-refractivity contribution is 0.0970. The number of nitrogens with two attached hydrogens (primary N) is 1. The van der Waals surface area contributed by atoms with Crippen LogP contribution in [0.25, 0.3) is 0 Å². The smallest absolute Gasteiger partial charge is 0.194 e. The highest BCUT2D eigenvalue weighted by molar-refractivity contribution is 7.12. The van der Waals surface area contributed by atoms with Gasteiger partial charge in [0.15, 0.2) is 5.78 Å². The Balaban J connectivity index is 2.11. The van der Waals surface area contributed by atoms with Gasteiger partial charge in [-0.05, 0) is 23.9 Å². The highest BCUT2D eigenvalue weighted by Crippen LogP contribution is 2.16. The summed E-state index contributed by atoms with van der Waals surface area (Å²) in [7, 11) is 0. The summed E-state index contributed by atoms with van der Waals surface area (Å²) >= 11 is 1.45. The number of aromatic nitrogens is 3. The molecule has 5 nitrogen and oxygen atoms in total. The van der Waals surface area contributed by atoms with Crippen LogP contribution in [-0.2, 0) is 13.1 Å².